The van der Waals surface area contributed by atoms with Gasteiger partial charge in [0.25, 0.3) is 0 Å². The third kappa shape index (κ3) is 3.51. The highest BCUT2D eigenvalue weighted by Gasteiger charge is 2.19. The van der Waals surface area contributed by atoms with Crippen LogP contribution < -0.4 is 11.1 Å². The number of thioether (sulfide) groups is 1. The van der Waals surface area contributed by atoms with Crippen LogP contribution in [0.25, 0.3) is 20.9 Å². The van der Waals surface area contributed by atoms with Gasteiger partial charge in [0.05, 0.1) is 16.3 Å². The smallest absolute Gasteiger partial charge is 0.234 e. The van der Waals surface area contributed by atoms with Gasteiger partial charge in [-0.25, -0.2) is 4.98 Å². The quantitative estimate of drug-likeness (QED) is 0.502. The van der Waals surface area contributed by atoms with E-state index in [1.165, 1.54) is 23.1 Å². The van der Waals surface area contributed by atoms with Crippen LogP contribution in [0.5, 0.6) is 0 Å². The second-order valence-corrected chi connectivity index (χ2v) is 7.71. The van der Waals surface area contributed by atoms with Crippen molar-refractivity contribution in [1.29, 1.82) is 0 Å². The molecule has 0 spiro atoms. The number of thiophene rings is 1. The Morgan fingerprint density at radius 1 is 1.22 bits per heavy atom. The highest BCUT2D eigenvalue weighted by Crippen LogP contribution is 2.39. The number of benzene rings is 1. The average Bonchev–Trinajstić information content (AvgIpc) is 3.21. The molecule has 0 aliphatic heterocycles. The number of carbonyl (C=O) groups is 1. The molecule has 3 heterocycles. The van der Waals surface area contributed by atoms with Gasteiger partial charge in [-0.15, -0.1) is 21.5 Å². The summed E-state index contributed by atoms with van der Waals surface area (Å²) >= 11 is 2.81. The molecule has 27 heavy (non-hydrogen) atoms. The van der Waals surface area contributed by atoms with Crippen molar-refractivity contribution in [3.05, 3.63) is 48.7 Å². The molecule has 4 rings (SSSR count). The lowest BCUT2D eigenvalue weighted by molar-refractivity contribution is -0.113. The Morgan fingerprint density at radius 2 is 2.04 bits per heavy atom. The summed E-state index contributed by atoms with van der Waals surface area (Å²) < 4.78 is 1.85. The van der Waals surface area contributed by atoms with Crippen LogP contribution in [0, 0.1) is 0 Å². The van der Waals surface area contributed by atoms with Crippen molar-refractivity contribution < 1.29 is 4.79 Å². The number of amides is 1. The predicted octanol–water partition coefficient (Wildman–Crippen LogP) is 3.40. The highest BCUT2D eigenvalue weighted by molar-refractivity contribution is 7.99. The molecule has 0 saturated heterocycles. The van der Waals surface area contributed by atoms with Gasteiger partial charge in [0.15, 0.2) is 11.0 Å². The van der Waals surface area contributed by atoms with Crippen LogP contribution in [0.3, 0.4) is 0 Å². The molecule has 4 aromatic rings. The van der Waals surface area contributed by atoms with Gasteiger partial charge in [0.1, 0.15) is 4.83 Å². The van der Waals surface area contributed by atoms with Crippen molar-refractivity contribution in [1.82, 2.24) is 19.7 Å². The van der Waals surface area contributed by atoms with Crippen molar-refractivity contribution in [3.63, 3.8) is 0 Å². The molecular formula is C18H16N6OS2. The molecule has 0 aliphatic carbocycles. The van der Waals surface area contributed by atoms with Crippen LogP contribution in [0.4, 0.5) is 11.4 Å². The summed E-state index contributed by atoms with van der Waals surface area (Å²) in [4.78, 5) is 18.2. The van der Waals surface area contributed by atoms with E-state index in [9.17, 15) is 4.79 Å². The van der Waals surface area contributed by atoms with Gasteiger partial charge >= 0.3 is 0 Å². The first-order valence-corrected chi connectivity index (χ1v) is 9.94. The topological polar surface area (TPSA) is 98.7 Å². The molecule has 0 aliphatic rings. The number of fused-ring (bicyclic) bond motifs is 1. The summed E-state index contributed by atoms with van der Waals surface area (Å²) in [7, 11) is 1.87. The van der Waals surface area contributed by atoms with E-state index in [-0.39, 0.29) is 11.7 Å². The number of rotatable bonds is 5. The van der Waals surface area contributed by atoms with E-state index in [4.69, 9.17) is 5.73 Å². The molecular weight excluding hydrogens is 380 g/mol. The first-order chi connectivity index (χ1) is 13.1. The lowest BCUT2D eigenvalue weighted by Crippen LogP contribution is -2.14. The maximum atomic E-state index is 12.1. The molecule has 1 amide bonds. The normalized spacial score (nSPS) is 11.0. The zero-order valence-electron chi connectivity index (χ0n) is 14.4. The van der Waals surface area contributed by atoms with Gasteiger partial charge in [-0.3, -0.25) is 4.79 Å². The van der Waals surface area contributed by atoms with Gasteiger partial charge < -0.3 is 15.6 Å². The second-order valence-electron chi connectivity index (χ2n) is 5.77. The minimum absolute atomic E-state index is 0.0960. The fraction of sp³-hybridized carbons (Fsp3) is 0.111. The maximum Gasteiger partial charge on any atom is 0.234 e. The lowest BCUT2D eigenvalue weighted by atomic mass is 10.2. The van der Waals surface area contributed by atoms with Crippen molar-refractivity contribution in [3.8, 4) is 10.7 Å². The molecule has 136 valence electrons. The van der Waals surface area contributed by atoms with Crippen molar-refractivity contribution >= 4 is 50.6 Å². The summed E-state index contributed by atoms with van der Waals surface area (Å²) in [5.41, 5.74) is 7.70. The fourth-order valence-electron chi connectivity index (χ4n) is 2.60. The number of aromatic nitrogens is 4. The SMILES string of the molecule is Cn1c(SCC(=O)Nc2ccccc2)nnc1-c1sc2ncccc2c1N. The Labute approximate surface area is 163 Å². The minimum atomic E-state index is -0.0960. The van der Waals surface area contributed by atoms with Crippen molar-refractivity contribution in [2.75, 3.05) is 16.8 Å². The lowest BCUT2D eigenvalue weighted by Gasteiger charge is -2.05. The molecule has 9 heteroatoms. The van der Waals surface area contributed by atoms with E-state index in [0.29, 0.717) is 16.7 Å². The van der Waals surface area contributed by atoms with Crippen molar-refractivity contribution in [2.24, 2.45) is 7.05 Å². The molecule has 0 unspecified atom stereocenters. The van der Waals surface area contributed by atoms with Crippen LogP contribution in [-0.4, -0.2) is 31.4 Å². The minimum Gasteiger partial charge on any atom is -0.397 e. The summed E-state index contributed by atoms with van der Waals surface area (Å²) in [5, 5.41) is 12.9. The molecule has 0 saturated carbocycles. The highest BCUT2D eigenvalue weighted by atomic mass is 32.2. The largest absolute Gasteiger partial charge is 0.397 e. The number of carbonyl (C=O) groups excluding carboxylic acids is 1. The molecule has 0 atom stereocenters. The van der Waals surface area contributed by atoms with Crippen molar-refractivity contribution in [2.45, 2.75) is 5.16 Å². The third-order valence-corrected chi connectivity index (χ3v) is 6.08. The van der Waals surface area contributed by atoms with E-state index < -0.39 is 0 Å². The van der Waals surface area contributed by atoms with Crippen LogP contribution in [-0.2, 0) is 11.8 Å². The Balaban J connectivity index is 1.50. The number of para-hydroxylation sites is 1. The summed E-state index contributed by atoms with van der Waals surface area (Å²) in [6, 6.07) is 13.2. The predicted molar refractivity (Wildman–Crippen MR) is 110 cm³/mol. The van der Waals surface area contributed by atoms with Crippen LogP contribution in [0.15, 0.2) is 53.8 Å². The average molecular weight is 397 g/mol. The third-order valence-electron chi connectivity index (χ3n) is 3.93. The number of hydrogen-bond acceptors (Lipinski definition) is 7. The Bertz CT molecular complexity index is 1110. The number of pyridine rings is 1. The Hall–Kier alpha value is -2.91. The molecule has 0 radical (unpaired) electrons. The molecule has 0 bridgehead atoms. The number of nitrogens with zero attached hydrogens (tertiary/aromatic N) is 4. The maximum absolute atomic E-state index is 12.1. The van der Waals surface area contributed by atoms with Gasteiger partial charge in [0.2, 0.25) is 5.91 Å². The van der Waals surface area contributed by atoms with Gasteiger partial charge in [-0.2, -0.15) is 0 Å². The van der Waals surface area contributed by atoms with E-state index in [1.54, 1.807) is 6.20 Å². The molecule has 1 aromatic carbocycles. The van der Waals surface area contributed by atoms with Crippen LogP contribution in [0.2, 0.25) is 0 Å². The zero-order chi connectivity index (χ0) is 18.8. The first-order valence-electron chi connectivity index (χ1n) is 8.14. The summed E-state index contributed by atoms with van der Waals surface area (Å²) in [6.45, 7) is 0. The van der Waals surface area contributed by atoms with E-state index in [2.05, 4.69) is 20.5 Å². The van der Waals surface area contributed by atoms with E-state index in [0.717, 1.165) is 20.8 Å². The first kappa shape index (κ1) is 17.5. The molecule has 7 nitrogen and oxygen atoms in total. The Morgan fingerprint density at radius 3 is 2.81 bits per heavy atom. The van der Waals surface area contributed by atoms with Crippen LogP contribution >= 0.6 is 23.1 Å². The molecule has 3 N–H and O–H groups in total. The Kier molecular flexibility index (Phi) is 4.78. The number of anilines is 2. The molecule has 3 aromatic heterocycles. The van der Waals surface area contributed by atoms with E-state index >= 15 is 0 Å². The van der Waals surface area contributed by atoms with Gasteiger partial charge in [0, 0.05) is 24.3 Å². The summed E-state index contributed by atoms with van der Waals surface area (Å²) in [5.74, 6) is 0.812. The monoisotopic (exact) mass is 396 g/mol. The van der Waals surface area contributed by atoms with Gasteiger partial charge in [-0.1, -0.05) is 30.0 Å². The van der Waals surface area contributed by atoms with Gasteiger partial charge in [-0.05, 0) is 24.3 Å². The standard InChI is InChI=1S/C18H16N6OS2/c1-24-16(15-14(19)12-8-5-9-20-17(12)27-15)22-23-18(24)26-10-13(25)21-11-6-3-2-4-7-11/h2-9H,10,19H2,1H3,(H,21,25). The zero-order valence-corrected chi connectivity index (χ0v) is 16.0. The molecule has 0 fully saturated rings. The fourth-order valence-corrected chi connectivity index (χ4v) is 4.40. The number of nitrogens with two attached hydrogens (primary N) is 1. The number of nitrogens with one attached hydrogen (secondary N) is 1. The number of nitrogen functional groups attached to an aromatic ring is 1. The summed E-state index contributed by atoms with van der Waals surface area (Å²) in [6.07, 6.45) is 1.74. The van der Waals surface area contributed by atoms with Crippen LogP contribution in [0.1, 0.15) is 0 Å². The second kappa shape index (κ2) is 7.37. The number of hydrogen-bond donors (Lipinski definition) is 2. The van der Waals surface area contributed by atoms with E-state index in [1.807, 2.05) is 54.1 Å².